The third-order valence-corrected chi connectivity index (χ3v) is 9.04. The summed E-state index contributed by atoms with van der Waals surface area (Å²) in [4.78, 5) is 0. The third-order valence-electron chi connectivity index (χ3n) is 9.04. The maximum atomic E-state index is 6.96. The normalized spacial score (nSPS) is 15.5. The SMILES string of the molecule is CC1(C)c2ccccc2-c2ccc(-c3ccc(N)c(-c4ccc5c(c4)C(C)(C)c4ccccc4-5)c3N)cc21. The average Bonchev–Trinajstić information content (AvgIpc) is 3.28. The highest BCUT2D eigenvalue weighted by atomic mass is 14.6. The lowest BCUT2D eigenvalue weighted by atomic mass is 9.81. The Labute approximate surface area is 225 Å². The highest BCUT2D eigenvalue weighted by Gasteiger charge is 2.36. The van der Waals surface area contributed by atoms with Crippen LogP contribution in [-0.2, 0) is 10.8 Å². The van der Waals surface area contributed by atoms with Crippen molar-refractivity contribution in [2.45, 2.75) is 38.5 Å². The minimum Gasteiger partial charge on any atom is -0.398 e. The second-order valence-corrected chi connectivity index (χ2v) is 11.9. The van der Waals surface area contributed by atoms with Crippen molar-refractivity contribution in [2.24, 2.45) is 0 Å². The van der Waals surface area contributed by atoms with E-state index in [4.69, 9.17) is 11.5 Å². The molecule has 7 rings (SSSR count). The zero-order valence-electron chi connectivity index (χ0n) is 22.4. The van der Waals surface area contributed by atoms with Gasteiger partial charge in [-0.1, -0.05) is 107 Å². The van der Waals surface area contributed by atoms with E-state index in [1.165, 1.54) is 44.5 Å². The number of fused-ring (bicyclic) bond motifs is 6. The Bertz CT molecular complexity index is 1790. The summed E-state index contributed by atoms with van der Waals surface area (Å²) in [5.41, 5.74) is 29.6. The molecule has 0 amide bonds. The van der Waals surface area contributed by atoms with Gasteiger partial charge in [-0.25, -0.2) is 0 Å². The fraction of sp³-hybridized carbons (Fsp3) is 0.167. The van der Waals surface area contributed by atoms with Crippen molar-refractivity contribution in [3.63, 3.8) is 0 Å². The molecule has 0 bridgehead atoms. The van der Waals surface area contributed by atoms with E-state index in [1.807, 2.05) is 6.07 Å². The van der Waals surface area contributed by atoms with Crippen molar-refractivity contribution < 1.29 is 0 Å². The summed E-state index contributed by atoms with van der Waals surface area (Å²) >= 11 is 0. The molecule has 0 saturated heterocycles. The zero-order chi connectivity index (χ0) is 26.4. The molecule has 2 nitrogen and oxygen atoms in total. The summed E-state index contributed by atoms with van der Waals surface area (Å²) in [6.07, 6.45) is 0. The van der Waals surface area contributed by atoms with Crippen molar-refractivity contribution >= 4 is 11.4 Å². The van der Waals surface area contributed by atoms with Gasteiger partial charge in [-0.15, -0.1) is 0 Å². The Morgan fingerprint density at radius 1 is 0.447 bits per heavy atom. The summed E-state index contributed by atoms with van der Waals surface area (Å²) in [6, 6.07) is 35.0. The van der Waals surface area contributed by atoms with Crippen molar-refractivity contribution in [1.29, 1.82) is 0 Å². The lowest BCUT2D eigenvalue weighted by molar-refractivity contribution is 0.660. The predicted octanol–water partition coefficient (Wildman–Crippen LogP) is 8.80. The summed E-state index contributed by atoms with van der Waals surface area (Å²) in [7, 11) is 0. The molecule has 0 fully saturated rings. The summed E-state index contributed by atoms with van der Waals surface area (Å²) in [5.74, 6) is 0. The van der Waals surface area contributed by atoms with Gasteiger partial charge in [-0.05, 0) is 73.8 Å². The maximum Gasteiger partial charge on any atom is 0.0494 e. The third kappa shape index (κ3) is 2.95. The molecule has 2 aliphatic rings. The van der Waals surface area contributed by atoms with Gasteiger partial charge in [0.1, 0.15) is 0 Å². The minimum absolute atomic E-state index is 0.0616. The van der Waals surface area contributed by atoms with Crippen LogP contribution in [0.3, 0.4) is 0 Å². The molecule has 0 aromatic heterocycles. The number of rotatable bonds is 2. The minimum atomic E-state index is -0.0797. The average molecular weight is 493 g/mol. The molecule has 0 radical (unpaired) electrons. The van der Waals surface area contributed by atoms with Crippen LogP contribution in [0.4, 0.5) is 11.4 Å². The molecule has 5 aromatic carbocycles. The van der Waals surface area contributed by atoms with Crippen LogP contribution >= 0.6 is 0 Å². The molecular formula is C36H32N2. The first-order valence-corrected chi connectivity index (χ1v) is 13.4. The Morgan fingerprint density at radius 2 is 0.895 bits per heavy atom. The van der Waals surface area contributed by atoms with Gasteiger partial charge in [0.25, 0.3) is 0 Å². The molecule has 0 heterocycles. The second kappa shape index (κ2) is 7.61. The summed E-state index contributed by atoms with van der Waals surface area (Å²) in [5, 5.41) is 0. The monoisotopic (exact) mass is 492 g/mol. The molecular weight excluding hydrogens is 460 g/mol. The molecule has 0 aliphatic heterocycles. The van der Waals surface area contributed by atoms with Crippen LogP contribution in [0, 0.1) is 0 Å². The largest absolute Gasteiger partial charge is 0.398 e. The fourth-order valence-electron chi connectivity index (χ4n) is 6.94. The van der Waals surface area contributed by atoms with Gasteiger partial charge in [0.2, 0.25) is 0 Å². The molecule has 2 aliphatic carbocycles. The molecule has 0 spiro atoms. The van der Waals surface area contributed by atoms with E-state index < -0.39 is 0 Å². The standard InChI is InChI=1S/C36H32N2/c1-35(2)28-11-7-5-9-24(28)26-15-13-21(19-30(26)35)23-17-18-32(37)33(34(23)38)22-14-16-27-25-10-6-8-12-29(25)36(3,4)31(27)20-22/h5-20H,37-38H2,1-4H3. The van der Waals surface area contributed by atoms with Crippen molar-refractivity contribution in [1.82, 2.24) is 0 Å². The predicted molar refractivity (Wildman–Crippen MR) is 161 cm³/mol. The second-order valence-electron chi connectivity index (χ2n) is 11.9. The van der Waals surface area contributed by atoms with E-state index in [-0.39, 0.29) is 10.8 Å². The topological polar surface area (TPSA) is 52.0 Å². The Kier molecular flexibility index (Phi) is 4.58. The van der Waals surface area contributed by atoms with Crippen LogP contribution in [0.2, 0.25) is 0 Å². The molecule has 4 N–H and O–H groups in total. The molecule has 186 valence electrons. The lowest BCUT2D eigenvalue weighted by Gasteiger charge is -2.23. The van der Waals surface area contributed by atoms with Gasteiger partial charge < -0.3 is 11.5 Å². The van der Waals surface area contributed by atoms with Crippen LogP contribution < -0.4 is 11.5 Å². The number of nitrogen functional groups attached to an aromatic ring is 2. The van der Waals surface area contributed by atoms with Crippen molar-refractivity contribution in [3.8, 4) is 44.5 Å². The van der Waals surface area contributed by atoms with Crippen molar-refractivity contribution in [2.75, 3.05) is 11.5 Å². The summed E-state index contributed by atoms with van der Waals surface area (Å²) < 4.78 is 0. The van der Waals surface area contributed by atoms with Crippen LogP contribution in [-0.4, -0.2) is 0 Å². The fourth-order valence-corrected chi connectivity index (χ4v) is 6.94. The Hall–Kier alpha value is -4.30. The first kappa shape index (κ1) is 22.9. The van der Waals surface area contributed by atoms with Crippen LogP contribution in [0.5, 0.6) is 0 Å². The number of hydrogen-bond donors (Lipinski definition) is 2. The highest BCUT2D eigenvalue weighted by Crippen LogP contribution is 2.52. The van der Waals surface area contributed by atoms with Gasteiger partial charge in [0.15, 0.2) is 0 Å². The number of anilines is 2. The Morgan fingerprint density at radius 3 is 1.47 bits per heavy atom. The van der Waals surface area contributed by atoms with E-state index in [9.17, 15) is 0 Å². The van der Waals surface area contributed by atoms with Gasteiger partial charge in [0, 0.05) is 33.3 Å². The van der Waals surface area contributed by atoms with Gasteiger partial charge in [0.05, 0.1) is 0 Å². The van der Waals surface area contributed by atoms with Crippen LogP contribution in [0.25, 0.3) is 44.5 Å². The molecule has 0 unspecified atom stereocenters. The van der Waals surface area contributed by atoms with E-state index in [2.05, 4.69) is 119 Å². The zero-order valence-corrected chi connectivity index (χ0v) is 22.4. The van der Waals surface area contributed by atoms with E-state index in [0.717, 1.165) is 27.9 Å². The molecule has 0 atom stereocenters. The highest BCUT2D eigenvalue weighted by molar-refractivity contribution is 5.97. The molecule has 5 aromatic rings. The van der Waals surface area contributed by atoms with Gasteiger partial charge >= 0.3 is 0 Å². The Balaban J connectivity index is 1.37. The quantitative estimate of drug-likeness (QED) is 0.242. The lowest BCUT2D eigenvalue weighted by Crippen LogP contribution is -2.15. The smallest absolute Gasteiger partial charge is 0.0494 e. The molecule has 2 heteroatoms. The maximum absolute atomic E-state index is 6.96. The summed E-state index contributed by atoms with van der Waals surface area (Å²) in [6.45, 7) is 9.22. The van der Waals surface area contributed by atoms with Gasteiger partial charge in [-0.2, -0.15) is 0 Å². The van der Waals surface area contributed by atoms with Crippen LogP contribution in [0.1, 0.15) is 49.9 Å². The van der Waals surface area contributed by atoms with E-state index in [1.54, 1.807) is 0 Å². The first-order chi connectivity index (χ1) is 18.2. The van der Waals surface area contributed by atoms with E-state index in [0.29, 0.717) is 5.69 Å². The number of benzene rings is 5. The molecule has 0 saturated carbocycles. The first-order valence-electron chi connectivity index (χ1n) is 13.4. The van der Waals surface area contributed by atoms with Crippen molar-refractivity contribution in [3.05, 3.63) is 119 Å². The van der Waals surface area contributed by atoms with E-state index >= 15 is 0 Å². The number of hydrogen-bond acceptors (Lipinski definition) is 2. The van der Waals surface area contributed by atoms with Gasteiger partial charge in [-0.3, -0.25) is 0 Å². The van der Waals surface area contributed by atoms with Crippen LogP contribution in [0.15, 0.2) is 97.1 Å². The molecule has 38 heavy (non-hydrogen) atoms. The number of nitrogens with two attached hydrogens (primary N) is 2.